The Kier molecular flexibility index (Phi) is 3.26. The standard InChI is InChI=1S/C9H11FN2O7/c10-9(6(16)11-8(18)12-7(9)17)5-4(15)3(14)2(1-13)19-5/h2-5,13-15H,1H2,(H2,11,12,16,17,18)/t2-,3-,4-,5-/m1/s1. The number of alkyl halides is 1. The molecule has 0 aromatic heterocycles. The molecule has 106 valence electrons. The van der Waals surface area contributed by atoms with Gasteiger partial charge in [0.15, 0.2) is 0 Å². The number of nitrogens with one attached hydrogen (secondary N) is 2. The van der Waals surface area contributed by atoms with Crippen molar-refractivity contribution < 1.29 is 38.8 Å². The molecule has 0 radical (unpaired) electrons. The first kappa shape index (κ1) is 13.8. The minimum atomic E-state index is -3.38. The summed E-state index contributed by atoms with van der Waals surface area (Å²) in [7, 11) is 0. The third-order valence-corrected chi connectivity index (χ3v) is 3.05. The molecule has 0 saturated carbocycles. The SMILES string of the molecule is O=C1NC(=O)C(F)([C@@H]2O[C@H](CO)[C@@H](O)[C@H]2O)C(=O)N1. The van der Waals surface area contributed by atoms with E-state index in [2.05, 4.69) is 0 Å². The number of amides is 4. The molecule has 5 N–H and O–H groups in total. The van der Waals surface area contributed by atoms with Crippen LogP contribution in [0.1, 0.15) is 0 Å². The van der Waals surface area contributed by atoms with Crippen LogP contribution in [0.4, 0.5) is 9.18 Å². The van der Waals surface area contributed by atoms with E-state index >= 15 is 0 Å². The van der Waals surface area contributed by atoms with Crippen molar-refractivity contribution in [3.63, 3.8) is 0 Å². The van der Waals surface area contributed by atoms with Gasteiger partial charge in [0.05, 0.1) is 6.61 Å². The lowest BCUT2D eigenvalue weighted by Crippen LogP contribution is -2.70. The van der Waals surface area contributed by atoms with E-state index in [1.807, 2.05) is 0 Å². The predicted octanol–water partition coefficient (Wildman–Crippen LogP) is -3.46. The van der Waals surface area contributed by atoms with Crippen molar-refractivity contribution in [3.05, 3.63) is 0 Å². The Morgan fingerprint density at radius 2 is 1.68 bits per heavy atom. The summed E-state index contributed by atoms with van der Waals surface area (Å²) in [5.74, 6) is -3.20. The number of hydrogen-bond acceptors (Lipinski definition) is 7. The molecule has 10 heteroatoms. The van der Waals surface area contributed by atoms with Crippen molar-refractivity contribution >= 4 is 17.8 Å². The summed E-state index contributed by atoms with van der Waals surface area (Å²) < 4.78 is 19.3. The van der Waals surface area contributed by atoms with E-state index in [1.165, 1.54) is 10.6 Å². The van der Waals surface area contributed by atoms with Crippen molar-refractivity contribution in [2.45, 2.75) is 30.1 Å². The largest absolute Gasteiger partial charge is 0.394 e. The number of urea groups is 1. The quantitative estimate of drug-likeness (QED) is 0.330. The molecule has 0 unspecified atom stereocenters. The molecular weight excluding hydrogens is 267 g/mol. The second-order valence-electron chi connectivity index (χ2n) is 4.21. The Labute approximate surface area is 105 Å². The van der Waals surface area contributed by atoms with E-state index in [0.29, 0.717) is 0 Å². The molecular formula is C9H11FN2O7. The van der Waals surface area contributed by atoms with Gasteiger partial charge in [-0.1, -0.05) is 0 Å². The van der Waals surface area contributed by atoms with Gasteiger partial charge in [-0.15, -0.1) is 0 Å². The molecule has 2 fully saturated rings. The summed E-state index contributed by atoms with van der Waals surface area (Å²) >= 11 is 0. The van der Waals surface area contributed by atoms with E-state index in [9.17, 15) is 29.0 Å². The summed E-state index contributed by atoms with van der Waals surface area (Å²) in [6, 6.07) is -1.20. The Bertz CT molecular complexity index is 422. The average molecular weight is 278 g/mol. The van der Waals surface area contributed by atoms with Gasteiger partial charge < -0.3 is 20.1 Å². The fourth-order valence-corrected chi connectivity index (χ4v) is 2.01. The smallest absolute Gasteiger partial charge is 0.328 e. The van der Waals surface area contributed by atoms with Crippen LogP contribution in [0.3, 0.4) is 0 Å². The molecule has 2 heterocycles. The molecule has 4 amide bonds. The fraction of sp³-hybridized carbons (Fsp3) is 0.667. The van der Waals surface area contributed by atoms with Crippen LogP contribution in [-0.2, 0) is 14.3 Å². The van der Waals surface area contributed by atoms with Gasteiger partial charge in [0.1, 0.15) is 24.4 Å². The van der Waals surface area contributed by atoms with Crippen molar-refractivity contribution in [1.82, 2.24) is 10.6 Å². The van der Waals surface area contributed by atoms with E-state index in [0.717, 1.165) is 0 Å². The minimum absolute atomic E-state index is 0.743. The van der Waals surface area contributed by atoms with Gasteiger partial charge in [-0.3, -0.25) is 20.2 Å². The van der Waals surface area contributed by atoms with Gasteiger partial charge in [-0.2, -0.15) is 0 Å². The number of hydrogen-bond donors (Lipinski definition) is 5. The highest BCUT2D eigenvalue weighted by molar-refractivity contribution is 6.22. The van der Waals surface area contributed by atoms with Gasteiger partial charge in [0, 0.05) is 0 Å². The maximum Gasteiger partial charge on any atom is 0.328 e. The molecule has 2 rings (SSSR count). The third kappa shape index (κ3) is 1.89. The van der Waals surface area contributed by atoms with Crippen molar-refractivity contribution in [2.24, 2.45) is 0 Å². The number of imide groups is 2. The second-order valence-corrected chi connectivity index (χ2v) is 4.21. The normalized spacial score (nSPS) is 38.0. The zero-order valence-electron chi connectivity index (χ0n) is 9.37. The molecule has 0 aliphatic carbocycles. The summed E-state index contributed by atoms with van der Waals surface area (Å²) in [6.45, 7) is -0.743. The lowest BCUT2D eigenvalue weighted by atomic mass is 9.90. The van der Waals surface area contributed by atoms with Gasteiger partial charge in [-0.25, -0.2) is 9.18 Å². The number of aliphatic hydroxyl groups excluding tert-OH is 3. The molecule has 2 aliphatic heterocycles. The van der Waals surface area contributed by atoms with Crippen molar-refractivity contribution in [2.75, 3.05) is 6.61 Å². The van der Waals surface area contributed by atoms with Crippen LogP contribution in [-0.4, -0.2) is 69.9 Å². The lowest BCUT2D eigenvalue weighted by molar-refractivity contribution is -0.164. The first-order valence-corrected chi connectivity index (χ1v) is 5.30. The van der Waals surface area contributed by atoms with E-state index in [4.69, 9.17) is 9.84 Å². The van der Waals surface area contributed by atoms with Crippen LogP contribution >= 0.6 is 0 Å². The van der Waals surface area contributed by atoms with E-state index < -0.39 is 54.5 Å². The second kappa shape index (κ2) is 4.49. The molecule has 2 aliphatic rings. The molecule has 19 heavy (non-hydrogen) atoms. The minimum Gasteiger partial charge on any atom is -0.394 e. The number of ether oxygens (including phenoxy) is 1. The zero-order valence-corrected chi connectivity index (χ0v) is 9.37. The number of carbonyl (C=O) groups is 3. The average Bonchev–Trinajstić information content (AvgIpc) is 2.63. The monoisotopic (exact) mass is 278 g/mol. The van der Waals surface area contributed by atoms with Gasteiger partial charge in [0.2, 0.25) is 0 Å². The highest BCUT2D eigenvalue weighted by Crippen LogP contribution is 2.33. The highest BCUT2D eigenvalue weighted by Gasteiger charge is 2.64. The number of rotatable bonds is 2. The Morgan fingerprint density at radius 3 is 2.11 bits per heavy atom. The van der Waals surface area contributed by atoms with Crippen molar-refractivity contribution in [3.8, 4) is 0 Å². The number of barbiturate groups is 1. The third-order valence-electron chi connectivity index (χ3n) is 3.05. The lowest BCUT2D eigenvalue weighted by Gasteiger charge is -2.32. The summed E-state index contributed by atoms with van der Waals surface area (Å²) in [4.78, 5) is 33.8. The first-order valence-electron chi connectivity index (χ1n) is 5.30. The fourth-order valence-electron chi connectivity index (χ4n) is 2.01. The molecule has 0 aromatic rings. The van der Waals surface area contributed by atoms with Gasteiger partial charge in [-0.05, 0) is 0 Å². The molecule has 2 saturated heterocycles. The van der Waals surface area contributed by atoms with Crippen LogP contribution in [0.2, 0.25) is 0 Å². The highest BCUT2D eigenvalue weighted by atomic mass is 19.1. The predicted molar refractivity (Wildman–Crippen MR) is 53.3 cm³/mol. The molecule has 0 aromatic carbocycles. The van der Waals surface area contributed by atoms with Crippen molar-refractivity contribution in [1.29, 1.82) is 0 Å². The van der Waals surface area contributed by atoms with Crippen LogP contribution in [0.15, 0.2) is 0 Å². The summed E-state index contributed by atoms with van der Waals surface area (Å²) in [6.07, 6.45) is -6.95. The zero-order chi connectivity index (χ0) is 14.4. The number of aliphatic hydroxyl groups is 3. The van der Waals surface area contributed by atoms with E-state index in [-0.39, 0.29) is 0 Å². The molecule has 4 atom stereocenters. The Morgan fingerprint density at radius 1 is 1.16 bits per heavy atom. The summed E-state index contributed by atoms with van der Waals surface area (Å²) in [5.41, 5.74) is -3.38. The van der Waals surface area contributed by atoms with Crippen LogP contribution in [0.25, 0.3) is 0 Å². The topological polar surface area (TPSA) is 145 Å². The van der Waals surface area contributed by atoms with Gasteiger partial charge >= 0.3 is 6.03 Å². The van der Waals surface area contributed by atoms with Gasteiger partial charge in [0.25, 0.3) is 17.5 Å². The molecule has 0 spiro atoms. The van der Waals surface area contributed by atoms with Crippen LogP contribution in [0, 0.1) is 0 Å². The summed E-state index contributed by atoms with van der Waals surface area (Å²) in [5, 5.41) is 31.0. The van der Waals surface area contributed by atoms with E-state index in [1.54, 1.807) is 0 Å². The molecule has 0 bridgehead atoms. The maximum atomic E-state index is 14.5. The Balaban J connectivity index is 2.32. The Hall–Kier alpha value is -1.62. The van der Waals surface area contributed by atoms with Crippen LogP contribution in [0.5, 0.6) is 0 Å². The number of carbonyl (C=O) groups excluding carboxylic acids is 3. The number of halogens is 1. The first-order chi connectivity index (χ1) is 8.82. The van der Waals surface area contributed by atoms with Crippen LogP contribution < -0.4 is 10.6 Å². The molecule has 9 nitrogen and oxygen atoms in total. The maximum absolute atomic E-state index is 14.5.